The van der Waals surface area contributed by atoms with Gasteiger partial charge in [0.25, 0.3) is 11.6 Å². The van der Waals surface area contributed by atoms with E-state index in [0.29, 0.717) is 25.5 Å². The minimum Gasteiger partial charge on any atom is -0.490 e. The van der Waals surface area contributed by atoms with Gasteiger partial charge in [0.2, 0.25) is 5.75 Å². The predicted molar refractivity (Wildman–Crippen MR) is 150 cm³/mol. The van der Waals surface area contributed by atoms with Crippen molar-refractivity contribution in [3.05, 3.63) is 95.3 Å². The van der Waals surface area contributed by atoms with E-state index in [0.717, 1.165) is 30.0 Å². The van der Waals surface area contributed by atoms with Crippen LogP contribution in [-0.4, -0.2) is 26.7 Å². The summed E-state index contributed by atoms with van der Waals surface area (Å²) in [6.45, 7) is 1.99. The van der Waals surface area contributed by atoms with E-state index >= 15 is 0 Å². The van der Waals surface area contributed by atoms with Gasteiger partial charge in [-0.05, 0) is 55.0 Å². The maximum atomic E-state index is 13.1. The zero-order chi connectivity index (χ0) is 27.6. The number of nitrogens with zero attached hydrogens (tertiary/aromatic N) is 3. The third kappa shape index (κ3) is 5.73. The third-order valence-electron chi connectivity index (χ3n) is 5.09. The lowest BCUT2D eigenvalue weighted by atomic mass is 10.1. The van der Waals surface area contributed by atoms with Gasteiger partial charge in [-0.25, -0.2) is 0 Å². The van der Waals surface area contributed by atoms with Gasteiger partial charge in [-0.2, -0.15) is 0 Å². The molecule has 3 aromatic rings. The molecule has 1 fully saturated rings. The van der Waals surface area contributed by atoms with Crippen LogP contribution in [0.1, 0.15) is 12.5 Å². The van der Waals surface area contributed by atoms with Gasteiger partial charge < -0.3 is 9.47 Å². The van der Waals surface area contributed by atoms with Gasteiger partial charge in [0, 0.05) is 6.07 Å². The Morgan fingerprint density at radius 1 is 0.974 bits per heavy atom. The molecular formula is C24H15Cl2N3O7S2. The van der Waals surface area contributed by atoms with Crippen molar-refractivity contribution in [1.82, 2.24) is 0 Å². The molecule has 1 aliphatic heterocycles. The zero-order valence-corrected chi connectivity index (χ0v) is 22.4. The van der Waals surface area contributed by atoms with E-state index in [4.69, 9.17) is 44.9 Å². The van der Waals surface area contributed by atoms with E-state index in [1.54, 1.807) is 43.3 Å². The number of nitro benzene ring substituents is 2. The smallest absolute Gasteiger partial charge is 0.318 e. The maximum absolute atomic E-state index is 13.1. The number of halogens is 2. The average Bonchev–Trinajstić information content (AvgIpc) is 3.15. The number of hydrogen-bond acceptors (Lipinski definition) is 9. The van der Waals surface area contributed by atoms with Crippen LogP contribution in [0.5, 0.6) is 17.2 Å². The van der Waals surface area contributed by atoms with E-state index < -0.39 is 21.2 Å². The van der Waals surface area contributed by atoms with Crippen molar-refractivity contribution in [3.8, 4) is 17.2 Å². The molecular weight excluding hydrogens is 577 g/mol. The molecule has 0 saturated carbocycles. The van der Waals surface area contributed by atoms with E-state index in [1.165, 1.54) is 11.0 Å². The molecule has 10 nitrogen and oxygen atoms in total. The summed E-state index contributed by atoms with van der Waals surface area (Å²) >= 11 is 18.6. The number of carbonyl (C=O) groups is 1. The summed E-state index contributed by atoms with van der Waals surface area (Å²) < 4.78 is 11.7. The Balaban J connectivity index is 1.64. The highest BCUT2D eigenvalue weighted by atomic mass is 35.5. The summed E-state index contributed by atoms with van der Waals surface area (Å²) in [6.07, 6.45) is 1.62. The number of amides is 1. The van der Waals surface area contributed by atoms with Gasteiger partial charge >= 0.3 is 5.69 Å². The summed E-state index contributed by atoms with van der Waals surface area (Å²) in [5.74, 6) is -0.159. The molecule has 1 saturated heterocycles. The summed E-state index contributed by atoms with van der Waals surface area (Å²) in [7, 11) is 0. The lowest BCUT2D eigenvalue weighted by Crippen LogP contribution is -2.27. The molecule has 194 valence electrons. The van der Waals surface area contributed by atoms with Crippen molar-refractivity contribution in [2.24, 2.45) is 0 Å². The number of nitro groups is 2. The minimum atomic E-state index is -0.771. The molecule has 14 heteroatoms. The first kappa shape index (κ1) is 27.3. The van der Waals surface area contributed by atoms with Crippen LogP contribution in [0.15, 0.2) is 59.5 Å². The summed E-state index contributed by atoms with van der Waals surface area (Å²) in [5, 5.41) is 23.1. The molecule has 0 radical (unpaired) electrons. The van der Waals surface area contributed by atoms with Gasteiger partial charge in [0.05, 0.1) is 43.2 Å². The van der Waals surface area contributed by atoms with Gasteiger partial charge in [0.1, 0.15) is 0 Å². The number of non-ortho nitro benzene ring substituents is 1. The summed E-state index contributed by atoms with van der Waals surface area (Å²) in [5.41, 5.74) is 0.0432. The Morgan fingerprint density at radius 2 is 1.71 bits per heavy atom. The van der Waals surface area contributed by atoms with Crippen LogP contribution in [0, 0.1) is 20.2 Å². The molecule has 38 heavy (non-hydrogen) atoms. The fourth-order valence-corrected chi connectivity index (χ4v) is 4.99. The van der Waals surface area contributed by atoms with Crippen molar-refractivity contribution < 1.29 is 24.1 Å². The number of hydrogen-bond donors (Lipinski definition) is 0. The van der Waals surface area contributed by atoms with Gasteiger partial charge in [-0.3, -0.25) is 29.9 Å². The maximum Gasteiger partial charge on any atom is 0.318 e. The standard InChI is InChI=1S/C24H15Cl2N3O7S2/c1-2-35-21-9-13(3-7-20(21)36-19-8-5-15(28(31)32)12-18(19)29(33)34)10-22-23(30)27(24(37)38-22)14-4-6-16(25)17(26)11-14/h3-12H,2H2,1H3/b22-10-. The number of benzene rings is 3. The van der Waals surface area contributed by atoms with Crippen LogP contribution in [0.4, 0.5) is 17.1 Å². The first-order valence-electron chi connectivity index (χ1n) is 10.7. The normalized spacial score (nSPS) is 14.2. The van der Waals surface area contributed by atoms with Gasteiger partial charge in [0.15, 0.2) is 15.8 Å². The number of thiocarbonyl (C=S) groups is 1. The Morgan fingerprint density at radius 3 is 2.37 bits per heavy atom. The van der Waals surface area contributed by atoms with E-state index in [1.807, 2.05) is 0 Å². The molecule has 0 aromatic heterocycles. The molecule has 0 aliphatic carbocycles. The molecule has 0 atom stereocenters. The average molecular weight is 592 g/mol. The van der Waals surface area contributed by atoms with E-state index in [2.05, 4.69) is 0 Å². The van der Waals surface area contributed by atoms with Crippen molar-refractivity contribution in [3.63, 3.8) is 0 Å². The SMILES string of the molecule is CCOc1cc(/C=C2\SC(=S)N(c3ccc(Cl)c(Cl)c3)C2=O)ccc1Oc1ccc([N+](=O)[O-])cc1[N+](=O)[O-]. The molecule has 1 amide bonds. The highest BCUT2D eigenvalue weighted by molar-refractivity contribution is 8.27. The van der Waals surface area contributed by atoms with Crippen LogP contribution >= 0.6 is 47.2 Å². The summed E-state index contributed by atoms with van der Waals surface area (Å²) in [4.78, 5) is 35.8. The van der Waals surface area contributed by atoms with Crippen LogP contribution in [0.2, 0.25) is 10.0 Å². The second-order valence-corrected chi connectivity index (χ2v) is 10.0. The van der Waals surface area contributed by atoms with Gasteiger partial charge in [-0.1, -0.05) is 53.2 Å². The van der Waals surface area contributed by atoms with E-state index in [9.17, 15) is 25.0 Å². The molecule has 0 bridgehead atoms. The van der Waals surface area contributed by atoms with Crippen molar-refractivity contribution in [1.29, 1.82) is 0 Å². The van der Waals surface area contributed by atoms with Crippen LogP contribution in [0.25, 0.3) is 6.08 Å². The number of carbonyl (C=O) groups excluding carboxylic acids is 1. The Bertz CT molecular complexity index is 1530. The summed E-state index contributed by atoms with van der Waals surface area (Å²) in [6, 6.07) is 12.6. The number of ether oxygens (including phenoxy) is 2. The fraction of sp³-hybridized carbons (Fsp3) is 0.0833. The number of thioether (sulfide) groups is 1. The third-order valence-corrected chi connectivity index (χ3v) is 7.13. The fourth-order valence-electron chi connectivity index (χ4n) is 3.40. The van der Waals surface area contributed by atoms with E-state index in [-0.39, 0.29) is 34.8 Å². The highest BCUT2D eigenvalue weighted by Crippen LogP contribution is 2.41. The first-order valence-corrected chi connectivity index (χ1v) is 12.7. The zero-order valence-electron chi connectivity index (χ0n) is 19.3. The molecule has 4 rings (SSSR count). The lowest BCUT2D eigenvalue weighted by molar-refractivity contribution is -0.394. The molecule has 0 spiro atoms. The topological polar surface area (TPSA) is 125 Å². The largest absolute Gasteiger partial charge is 0.490 e. The van der Waals surface area contributed by atoms with Crippen molar-refractivity contribution >= 4 is 80.5 Å². The highest BCUT2D eigenvalue weighted by Gasteiger charge is 2.33. The van der Waals surface area contributed by atoms with Crippen LogP contribution in [-0.2, 0) is 4.79 Å². The van der Waals surface area contributed by atoms with Crippen molar-refractivity contribution in [2.75, 3.05) is 11.5 Å². The van der Waals surface area contributed by atoms with Crippen molar-refractivity contribution in [2.45, 2.75) is 6.92 Å². The molecule has 1 heterocycles. The number of rotatable bonds is 8. The van der Waals surface area contributed by atoms with Crippen LogP contribution < -0.4 is 14.4 Å². The second kappa shape index (κ2) is 11.4. The molecule has 0 unspecified atom stereocenters. The Kier molecular flexibility index (Phi) is 8.17. The van der Waals surface area contributed by atoms with Crippen LogP contribution in [0.3, 0.4) is 0 Å². The molecule has 0 N–H and O–H groups in total. The Labute approximate surface area is 235 Å². The molecule has 3 aromatic carbocycles. The predicted octanol–water partition coefficient (Wildman–Crippen LogP) is 7.41. The number of anilines is 1. The first-order chi connectivity index (χ1) is 18.1. The second-order valence-electron chi connectivity index (χ2n) is 7.52. The molecule has 1 aliphatic rings. The lowest BCUT2D eigenvalue weighted by Gasteiger charge is -2.15. The minimum absolute atomic E-state index is 0.143. The monoisotopic (exact) mass is 591 g/mol. The van der Waals surface area contributed by atoms with Gasteiger partial charge in [-0.15, -0.1) is 0 Å². The Hall–Kier alpha value is -3.71. The quantitative estimate of drug-likeness (QED) is 0.114.